The maximum absolute atomic E-state index is 13.3. The average molecular weight is 312 g/mol. The molecule has 1 saturated heterocycles. The van der Waals surface area contributed by atoms with E-state index in [2.05, 4.69) is 0 Å². The van der Waals surface area contributed by atoms with Gasteiger partial charge in [-0.1, -0.05) is 12.8 Å². The highest BCUT2D eigenvalue weighted by Crippen LogP contribution is 2.46. The van der Waals surface area contributed by atoms with Crippen molar-refractivity contribution in [2.45, 2.75) is 43.4 Å². The summed E-state index contributed by atoms with van der Waals surface area (Å²) in [6.45, 7) is 1.02. The van der Waals surface area contributed by atoms with Crippen LogP contribution < -0.4 is 5.73 Å². The lowest BCUT2D eigenvalue weighted by atomic mass is 9.78. The number of piperidine rings is 1. The van der Waals surface area contributed by atoms with Crippen LogP contribution in [0.25, 0.3) is 0 Å². The van der Waals surface area contributed by atoms with E-state index in [9.17, 15) is 12.8 Å². The molecule has 0 atom stereocenters. The molecule has 3 rings (SSSR count). The largest absolute Gasteiger partial charge is 0.398 e. The van der Waals surface area contributed by atoms with Gasteiger partial charge < -0.3 is 5.73 Å². The van der Waals surface area contributed by atoms with Gasteiger partial charge in [-0.05, 0) is 49.3 Å². The number of anilines is 1. The van der Waals surface area contributed by atoms with Crippen molar-refractivity contribution < 1.29 is 12.8 Å². The highest BCUT2D eigenvalue weighted by Gasteiger charge is 2.40. The van der Waals surface area contributed by atoms with E-state index in [4.69, 9.17) is 5.73 Å². The standard InChI is InChI=1S/C15H21FN2O2S/c16-12-3-4-13(17)14(11-12)21(19,20)18-9-7-15(8-10-18)5-1-2-6-15/h3-4,11H,1-2,5-10,17H2. The quantitative estimate of drug-likeness (QED) is 0.854. The smallest absolute Gasteiger partial charge is 0.245 e. The fourth-order valence-corrected chi connectivity index (χ4v) is 5.27. The molecule has 116 valence electrons. The van der Waals surface area contributed by atoms with Crippen molar-refractivity contribution in [1.82, 2.24) is 4.31 Å². The minimum absolute atomic E-state index is 0.107. The first-order valence-corrected chi connectivity index (χ1v) is 8.92. The van der Waals surface area contributed by atoms with Crippen LogP contribution in [0.5, 0.6) is 0 Å². The molecule has 2 aliphatic rings. The summed E-state index contributed by atoms with van der Waals surface area (Å²) < 4.78 is 40.1. The summed E-state index contributed by atoms with van der Waals surface area (Å²) in [5.74, 6) is -0.577. The molecule has 1 aromatic rings. The zero-order valence-electron chi connectivity index (χ0n) is 12.0. The van der Waals surface area contributed by atoms with Gasteiger partial charge in [-0.3, -0.25) is 0 Å². The van der Waals surface area contributed by atoms with Crippen molar-refractivity contribution in [3.63, 3.8) is 0 Å². The number of benzene rings is 1. The van der Waals surface area contributed by atoms with E-state index < -0.39 is 15.8 Å². The third-order valence-electron chi connectivity index (χ3n) is 5.04. The Balaban J connectivity index is 1.82. The zero-order valence-corrected chi connectivity index (χ0v) is 12.8. The van der Waals surface area contributed by atoms with Crippen molar-refractivity contribution in [3.05, 3.63) is 24.0 Å². The van der Waals surface area contributed by atoms with Gasteiger partial charge in [-0.2, -0.15) is 4.31 Å². The summed E-state index contributed by atoms with van der Waals surface area (Å²) in [6.07, 6.45) is 6.74. The third kappa shape index (κ3) is 2.66. The second-order valence-electron chi connectivity index (χ2n) is 6.29. The van der Waals surface area contributed by atoms with E-state index in [1.54, 1.807) is 0 Å². The van der Waals surface area contributed by atoms with Crippen LogP contribution in [0, 0.1) is 11.2 Å². The molecule has 0 unspecified atom stereocenters. The maximum atomic E-state index is 13.3. The summed E-state index contributed by atoms with van der Waals surface area (Å²) in [4.78, 5) is -0.107. The number of halogens is 1. The highest BCUT2D eigenvalue weighted by molar-refractivity contribution is 7.89. The molecule has 6 heteroatoms. The minimum atomic E-state index is -3.69. The fraction of sp³-hybridized carbons (Fsp3) is 0.600. The molecule has 1 aliphatic heterocycles. The molecule has 0 radical (unpaired) electrons. The van der Waals surface area contributed by atoms with Gasteiger partial charge in [0.1, 0.15) is 10.7 Å². The van der Waals surface area contributed by atoms with Gasteiger partial charge in [-0.25, -0.2) is 12.8 Å². The summed E-state index contributed by atoms with van der Waals surface area (Å²) in [6, 6.07) is 3.51. The van der Waals surface area contributed by atoms with Crippen LogP contribution in [0.3, 0.4) is 0 Å². The second-order valence-corrected chi connectivity index (χ2v) is 8.20. The number of hydrogen-bond acceptors (Lipinski definition) is 3. The predicted molar refractivity (Wildman–Crippen MR) is 79.7 cm³/mol. The SMILES string of the molecule is Nc1ccc(F)cc1S(=O)(=O)N1CCC2(CCCC2)CC1. The van der Waals surface area contributed by atoms with Crippen molar-refractivity contribution in [3.8, 4) is 0 Å². The molecule has 0 bridgehead atoms. The summed E-state index contributed by atoms with van der Waals surface area (Å²) in [5, 5.41) is 0. The van der Waals surface area contributed by atoms with Gasteiger partial charge in [0.2, 0.25) is 10.0 Å². The number of nitrogen functional groups attached to an aromatic ring is 1. The van der Waals surface area contributed by atoms with Gasteiger partial charge in [0.15, 0.2) is 0 Å². The lowest BCUT2D eigenvalue weighted by molar-refractivity contribution is 0.160. The van der Waals surface area contributed by atoms with Crippen LogP contribution in [-0.4, -0.2) is 25.8 Å². The Kier molecular flexibility index (Phi) is 3.69. The molecular formula is C15H21FN2O2S. The van der Waals surface area contributed by atoms with Crippen molar-refractivity contribution in [2.24, 2.45) is 5.41 Å². The average Bonchev–Trinajstić information content (AvgIpc) is 2.90. The van der Waals surface area contributed by atoms with Crippen LogP contribution in [0.15, 0.2) is 23.1 Å². The van der Waals surface area contributed by atoms with Gasteiger partial charge in [0.05, 0.1) is 5.69 Å². The molecule has 1 spiro atoms. The normalized spacial score (nSPS) is 22.7. The first-order chi connectivity index (χ1) is 9.93. The number of nitrogens with two attached hydrogens (primary N) is 1. The molecule has 4 nitrogen and oxygen atoms in total. The van der Waals surface area contributed by atoms with Crippen LogP contribution in [-0.2, 0) is 10.0 Å². The molecular weight excluding hydrogens is 291 g/mol. The van der Waals surface area contributed by atoms with Crippen LogP contribution in [0.1, 0.15) is 38.5 Å². The second kappa shape index (κ2) is 5.25. The first-order valence-electron chi connectivity index (χ1n) is 7.48. The topological polar surface area (TPSA) is 63.4 Å². The van der Waals surface area contributed by atoms with Gasteiger partial charge in [0.25, 0.3) is 0 Å². The summed E-state index contributed by atoms with van der Waals surface area (Å²) >= 11 is 0. The van der Waals surface area contributed by atoms with Gasteiger partial charge >= 0.3 is 0 Å². The Morgan fingerprint density at radius 3 is 2.33 bits per heavy atom. The van der Waals surface area contributed by atoms with Gasteiger partial charge in [0, 0.05) is 13.1 Å². The van der Waals surface area contributed by atoms with E-state index in [-0.39, 0.29) is 10.6 Å². The summed E-state index contributed by atoms with van der Waals surface area (Å²) in [7, 11) is -3.69. The predicted octanol–water partition coefficient (Wildman–Crippen LogP) is 2.75. The minimum Gasteiger partial charge on any atom is -0.398 e. The van der Waals surface area contributed by atoms with Crippen molar-refractivity contribution in [1.29, 1.82) is 0 Å². The Hall–Kier alpha value is -1.14. The molecule has 1 saturated carbocycles. The molecule has 1 aliphatic carbocycles. The molecule has 1 heterocycles. The van der Waals surface area contributed by atoms with Gasteiger partial charge in [-0.15, -0.1) is 0 Å². The third-order valence-corrected chi connectivity index (χ3v) is 7.00. The monoisotopic (exact) mass is 312 g/mol. The van der Waals surface area contributed by atoms with E-state index in [0.29, 0.717) is 18.5 Å². The Bertz CT molecular complexity index is 629. The number of hydrogen-bond donors (Lipinski definition) is 1. The van der Waals surface area contributed by atoms with Crippen molar-refractivity contribution >= 4 is 15.7 Å². The summed E-state index contributed by atoms with van der Waals surface area (Å²) in [5.41, 5.74) is 6.18. The van der Waals surface area contributed by atoms with Crippen LogP contribution in [0.4, 0.5) is 10.1 Å². The van der Waals surface area contributed by atoms with Crippen LogP contribution >= 0.6 is 0 Å². The highest BCUT2D eigenvalue weighted by atomic mass is 32.2. The lowest BCUT2D eigenvalue weighted by Crippen LogP contribution is -2.42. The van der Waals surface area contributed by atoms with Crippen molar-refractivity contribution in [2.75, 3.05) is 18.8 Å². The molecule has 1 aromatic carbocycles. The number of nitrogens with zero attached hydrogens (tertiary/aromatic N) is 1. The molecule has 2 fully saturated rings. The van der Waals surface area contributed by atoms with E-state index in [1.807, 2.05) is 0 Å². The van der Waals surface area contributed by atoms with E-state index >= 15 is 0 Å². The van der Waals surface area contributed by atoms with E-state index in [0.717, 1.165) is 18.9 Å². The molecule has 21 heavy (non-hydrogen) atoms. The molecule has 2 N–H and O–H groups in total. The first kappa shape index (κ1) is 14.8. The molecule has 0 aromatic heterocycles. The fourth-order valence-electron chi connectivity index (χ4n) is 3.70. The number of rotatable bonds is 2. The maximum Gasteiger partial charge on any atom is 0.245 e. The number of sulfonamides is 1. The van der Waals surface area contributed by atoms with Crippen LogP contribution in [0.2, 0.25) is 0 Å². The lowest BCUT2D eigenvalue weighted by Gasteiger charge is -2.38. The van der Waals surface area contributed by atoms with E-state index in [1.165, 1.54) is 42.1 Å². The molecule has 0 amide bonds. The zero-order chi connectivity index (χ0) is 15.1. The Morgan fingerprint density at radius 1 is 1.10 bits per heavy atom. The Morgan fingerprint density at radius 2 is 1.71 bits per heavy atom. The Labute approximate surface area is 125 Å².